The highest BCUT2D eigenvalue weighted by Gasteiger charge is 2.06. The molecule has 2 aromatic rings. The van der Waals surface area contributed by atoms with Crippen LogP contribution in [0.3, 0.4) is 0 Å². The molecule has 0 radical (unpaired) electrons. The molecule has 0 saturated carbocycles. The van der Waals surface area contributed by atoms with Crippen molar-refractivity contribution in [3.05, 3.63) is 54.1 Å². The van der Waals surface area contributed by atoms with Gasteiger partial charge in [-0.2, -0.15) is 0 Å². The van der Waals surface area contributed by atoms with E-state index >= 15 is 0 Å². The van der Waals surface area contributed by atoms with Gasteiger partial charge in [0.05, 0.1) is 12.9 Å². The summed E-state index contributed by atoms with van der Waals surface area (Å²) < 4.78 is 2.03. The summed E-state index contributed by atoms with van der Waals surface area (Å²) in [5, 5.41) is 3.35. The van der Waals surface area contributed by atoms with Gasteiger partial charge in [-0.1, -0.05) is 29.8 Å². The first kappa shape index (κ1) is 19.5. The summed E-state index contributed by atoms with van der Waals surface area (Å²) in [6, 6.07) is 8.63. The number of aromatic nitrogens is 2. The molecular weight excluding hydrogens is 401 g/mol. The molecule has 0 unspecified atom stereocenters. The number of nitrogens with one attached hydrogen (secondary N) is 1. The first-order chi connectivity index (χ1) is 10.7. The third kappa shape index (κ3) is 6.60. The lowest BCUT2D eigenvalue weighted by molar-refractivity contribution is 0.475. The van der Waals surface area contributed by atoms with Crippen molar-refractivity contribution in [3.8, 4) is 0 Å². The molecule has 0 aliphatic heterocycles. The Kier molecular flexibility index (Phi) is 8.68. The van der Waals surface area contributed by atoms with E-state index in [1.165, 1.54) is 11.1 Å². The molecule has 1 N–H and O–H groups in total. The molecule has 23 heavy (non-hydrogen) atoms. The second kappa shape index (κ2) is 10.3. The zero-order valence-electron chi connectivity index (χ0n) is 14.1. The van der Waals surface area contributed by atoms with Gasteiger partial charge in [0, 0.05) is 39.1 Å². The van der Waals surface area contributed by atoms with Crippen LogP contribution in [0.4, 0.5) is 0 Å². The number of benzene rings is 1. The van der Waals surface area contributed by atoms with E-state index in [-0.39, 0.29) is 24.0 Å². The Hall–Kier alpha value is -1.57. The fourth-order valence-corrected chi connectivity index (χ4v) is 2.20. The van der Waals surface area contributed by atoms with Crippen LogP contribution in [0.1, 0.15) is 18.1 Å². The molecule has 0 fully saturated rings. The zero-order valence-corrected chi connectivity index (χ0v) is 16.4. The Morgan fingerprint density at radius 1 is 1.30 bits per heavy atom. The van der Waals surface area contributed by atoms with Crippen molar-refractivity contribution in [1.82, 2.24) is 19.8 Å². The average Bonchev–Trinajstić information content (AvgIpc) is 3.02. The molecule has 0 amide bonds. The summed E-state index contributed by atoms with van der Waals surface area (Å²) in [5.41, 5.74) is 2.57. The first-order valence-corrected chi connectivity index (χ1v) is 7.69. The highest BCUT2D eigenvalue weighted by molar-refractivity contribution is 14.0. The number of halogens is 1. The van der Waals surface area contributed by atoms with E-state index in [1.807, 2.05) is 17.1 Å². The molecule has 1 heterocycles. The molecule has 6 heteroatoms. The first-order valence-electron chi connectivity index (χ1n) is 7.69. The lowest BCUT2D eigenvalue weighted by Crippen LogP contribution is -2.38. The maximum absolute atomic E-state index is 4.68. The molecule has 0 saturated heterocycles. The zero-order chi connectivity index (χ0) is 15.8. The van der Waals surface area contributed by atoms with E-state index in [9.17, 15) is 0 Å². The predicted molar refractivity (Wildman–Crippen MR) is 106 cm³/mol. The molecule has 2 rings (SSSR count). The van der Waals surface area contributed by atoms with Crippen molar-refractivity contribution in [2.24, 2.45) is 4.99 Å². The van der Waals surface area contributed by atoms with E-state index in [2.05, 4.69) is 65.4 Å². The summed E-state index contributed by atoms with van der Waals surface area (Å²) in [6.45, 7) is 7.48. The predicted octanol–water partition coefficient (Wildman–Crippen LogP) is 2.91. The van der Waals surface area contributed by atoms with Crippen LogP contribution in [-0.2, 0) is 13.1 Å². The highest BCUT2D eigenvalue weighted by Crippen LogP contribution is 2.06. The number of aryl methyl sites for hydroxylation is 1. The Balaban J connectivity index is 0.00000264. The Morgan fingerprint density at radius 2 is 2.04 bits per heavy atom. The second-order valence-corrected chi connectivity index (χ2v) is 5.38. The van der Waals surface area contributed by atoms with Gasteiger partial charge in [-0.05, 0) is 19.4 Å². The number of hydrogen-bond acceptors (Lipinski definition) is 2. The van der Waals surface area contributed by atoms with Crippen LogP contribution in [0, 0.1) is 6.92 Å². The third-order valence-electron chi connectivity index (χ3n) is 3.42. The largest absolute Gasteiger partial charge is 0.357 e. The van der Waals surface area contributed by atoms with E-state index in [0.717, 1.165) is 32.1 Å². The number of nitrogens with zero attached hydrogens (tertiary/aromatic N) is 4. The van der Waals surface area contributed by atoms with Gasteiger partial charge in [0.1, 0.15) is 0 Å². The van der Waals surface area contributed by atoms with Gasteiger partial charge in [0.25, 0.3) is 0 Å². The SMILES string of the molecule is CCNC(=NCCn1ccnc1)N(C)Cc1ccc(C)cc1.I. The molecule has 0 atom stereocenters. The van der Waals surface area contributed by atoms with Crippen LogP contribution in [0.2, 0.25) is 0 Å². The van der Waals surface area contributed by atoms with Crippen molar-refractivity contribution >= 4 is 29.9 Å². The Labute approximate surface area is 155 Å². The monoisotopic (exact) mass is 427 g/mol. The van der Waals surface area contributed by atoms with Crippen molar-refractivity contribution in [2.45, 2.75) is 26.9 Å². The molecule has 5 nitrogen and oxygen atoms in total. The van der Waals surface area contributed by atoms with Gasteiger partial charge in [-0.15, -0.1) is 24.0 Å². The van der Waals surface area contributed by atoms with Crippen molar-refractivity contribution in [3.63, 3.8) is 0 Å². The van der Waals surface area contributed by atoms with E-state index in [0.29, 0.717) is 0 Å². The van der Waals surface area contributed by atoms with Crippen LogP contribution in [0.25, 0.3) is 0 Å². The maximum atomic E-state index is 4.68. The average molecular weight is 427 g/mol. The van der Waals surface area contributed by atoms with Crippen LogP contribution in [-0.4, -0.2) is 40.5 Å². The third-order valence-corrected chi connectivity index (χ3v) is 3.42. The number of imidazole rings is 1. The van der Waals surface area contributed by atoms with Crippen LogP contribution in [0.15, 0.2) is 48.0 Å². The number of rotatable bonds is 6. The van der Waals surface area contributed by atoms with Gasteiger partial charge in [-0.25, -0.2) is 4.98 Å². The fraction of sp³-hybridized carbons (Fsp3) is 0.412. The molecule has 126 valence electrons. The van der Waals surface area contributed by atoms with Crippen molar-refractivity contribution in [1.29, 1.82) is 0 Å². The summed E-state index contributed by atoms with van der Waals surface area (Å²) in [7, 11) is 2.07. The smallest absolute Gasteiger partial charge is 0.194 e. The highest BCUT2D eigenvalue weighted by atomic mass is 127. The lowest BCUT2D eigenvalue weighted by Gasteiger charge is -2.22. The molecular formula is C17H26IN5. The van der Waals surface area contributed by atoms with Gasteiger partial charge in [0.2, 0.25) is 0 Å². The summed E-state index contributed by atoms with van der Waals surface area (Å²) in [4.78, 5) is 10.9. The number of aliphatic imine (C=N–C) groups is 1. The van der Waals surface area contributed by atoms with Crippen molar-refractivity contribution < 1.29 is 0 Å². The number of hydrogen-bond donors (Lipinski definition) is 1. The summed E-state index contributed by atoms with van der Waals surface area (Å²) in [6.07, 6.45) is 5.56. The minimum absolute atomic E-state index is 0. The number of guanidine groups is 1. The van der Waals surface area contributed by atoms with Crippen LogP contribution >= 0.6 is 24.0 Å². The minimum atomic E-state index is 0. The van der Waals surface area contributed by atoms with Crippen molar-refractivity contribution in [2.75, 3.05) is 20.1 Å². The van der Waals surface area contributed by atoms with E-state index in [1.54, 1.807) is 6.20 Å². The molecule has 0 aliphatic rings. The standard InChI is InChI=1S/C17H25N5.HI/c1-4-19-17(20-10-12-22-11-9-18-14-22)21(3)13-16-7-5-15(2)6-8-16;/h5-9,11,14H,4,10,12-13H2,1-3H3,(H,19,20);1H. The Morgan fingerprint density at radius 3 is 2.65 bits per heavy atom. The van der Waals surface area contributed by atoms with Gasteiger partial charge < -0.3 is 14.8 Å². The quantitative estimate of drug-likeness (QED) is 0.438. The minimum Gasteiger partial charge on any atom is -0.357 e. The maximum Gasteiger partial charge on any atom is 0.194 e. The molecule has 1 aromatic carbocycles. The topological polar surface area (TPSA) is 45.5 Å². The van der Waals surface area contributed by atoms with Crippen LogP contribution < -0.4 is 5.32 Å². The van der Waals surface area contributed by atoms with Gasteiger partial charge in [0.15, 0.2) is 5.96 Å². The van der Waals surface area contributed by atoms with E-state index < -0.39 is 0 Å². The summed E-state index contributed by atoms with van der Waals surface area (Å²) >= 11 is 0. The Bertz CT molecular complexity index is 578. The normalized spacial score (nSPS) is 11.0. The van der Waals surface area contributed by atoms with Gasteiger partial charge in [-0.3, -0.25) is 4.99 Å². The molecule has 0 aliphatic carbocycles. The molecule has 0 bridgehead atoms. The molecule has 1 aromatic heterocycles. The fourth-order valence-electron chi connectivity index (χ4n) is 2.20. The van der Waals surface area contributed by atoms with Crippen LogP contribution in [0.5, 0.6) is 0 Å². The lowest BCUT2D eigenvalue weighted by atomic mass is 10.1. The van der Waals surface area contributed by atoms with E-state index in [4.69, 9.17) is 0 Å². The van der Waals surface area contributed by atoms with Gasteiger partial charge >= 0.3 is 0 Å². The second-order valence-electron chi connectivity index (χ2n) is 5.38. The molecule has 0 spiro atoms. The summed E-state index contributed by atoms with van der Waals surface area (Å²) in [5.74, 6) is 0.934.